The first kappa shape index (κ1) is 11.4. The summed E-state index contributed by atoms with van der Waals surface area (Å²) in [5.74, 6) is -0.905. The van der Waals surface area contributed by atoms with Crippen LogP contribution in [-0.2, 0) is 0 Å². The number of aromatic nitrogens is 1. The van der Waals surface area contributed by atoms with Crippen molar-refractivity contribution in [1.82, 2.24) is 4.98 Å². The molecule has 88 valence electrons. The van der Waals surface area contributed by atoms with Crippen LogP contribution in [-0.4, -0.2) is 22.6 Å². The molecule has 1 saturated carbocycles. The third kappa shape index (κ3) is 2.52. The van der Waals surface area contributed by atoms with Crippen molar-refractivity contribution in [3.63, 3.8) is 0 Å². The Balaban J connectivity index is 1.91. The highest BCUT2D eigenvalue weighted by Crippen LogP contribution is 2.37. The molecule has 1 heterocycles. The molecule has 2 N–H and O–H groups in total. The molecule has 16 heavy (non-hydrogen) atoms. The van der Waals surface area contributed by atoms with Gasteiger partial charge < -0.3 is 10.4 Å². The topological polar surface area (TPSA) is 62.2 Å². The van der Waals surface area contributed by atoms with Gasteiger partial charge in [0.15, 0.2) is 5.13 Å². The van der Waals surface area contributed by atoms with Crippen LogP contribution in [0.5, 0.6) is 0 Å². The van der Waals surface area contributed by atoms with E-state index in [1.165, 1.54) is 43.2 Å². The van der Waals surface area contributed by atoms with Crippen molar-refractivity contribution in [3.8, 4) is 0 Å². The van der Waals surface area contributed by atoms with Crippen molar-refractivity contribution in [2.75, 3.05) is 11.9 Å². The minimum atomic E-state index is -0.905. The monoisotopic (exact) mass is 240 g/mol. The summed E-state index contributed by atoms with van der Waals surface area (Å²) in [7, 11) is 0. The summed E-state index contributed by atoms with van der Waals surface area (Å²) in [6, 6.07) is 0. The Morgan fingerprint density at radius 1 is 1.62 bits per heavy atom. The minimum absolute atomic E-state index is 0.291. The maximum Gasteiger partial charge on any atom is 0.347 e. The number of aromatic carboxylic acids is 1. The number of hydrogen-bond donors (Lipinski definition) is 2. The first-order chi connectivity index (χ1) is 7.59. The van der Waals surface area contributed by atoms with Gasteiger partial charge in [-0.3, -0.25) is 0 Å². The van der Waals surface area contributed by atoms with Crippen molar-refractivity contribution in [3.05, 3.63) is 11.1 Å². The fourth-order valence-electron chi connectivity index (χ4n) is 2.15. The Morgan fingerprint density at radius 3 is 2.88 bits per heavy atom. The summed E-state index contributed by atoms with van der Waals surface area (Å²) < 4.78 is 0. The summed E-state index contributed by atoms with van der Waals surface area (Å²) in [5, 5.41) is 12.7. The smallest absolute Gasteiger partial charge is 0.347 e. The van der Waals surface area contributed by atoms with Gasteiger partial charge in [-0.2, -0.15) is 0 Å². The molecule has 1 aromatic heterocycles. The normalized spacial score (nSPS) is 18.6. The van der Waals surface area contributed by atoms with E-state index in [0.29, 0.717) is 15.4 Å². The van der Waals surface area contributed by atoms with Gasteiger partial charge in [-0.05, 0) is 18.3 Å². The average Bonchev–Trinajstić information content (AvgIpc) is 2.84. The number of carboxylic acid groups (broad SMARTS) is 1. The summed E-state index contributed by atoms with van der Waals surface area (Å²) in [6.45, 7) is 3.16. The summed E-state index contributed by atoms with van der Waals surface area (Å²) in [5.41, 5.74) is 0.356. The van der Waals surface area contributed by atoms with Crippen LogP contribution in [0.2, 0.25) is 0 Å². The SMILES string of the molecule is CC1(CNc2ncc(C(=O)O)s2)CCCC1. The number of hydrogen-bond acceptors (Lipinski definition) is 4. The van der Waals surface area contributed by atoms with Crippen LogP contribution in [0.3, 0.4) is 0 Å². The first-order valence-electron chi connectivity index (χ1n) is 5.52. The molecule has 0 unspecified atom stereocenters. The van der Waals surface area contributed by atoms with Gasteiger partial charge in [0.05, 0.1) is 6.20 Å². The number of nitrogens with zero attached hydrogens (tertiary/aromatic N) is 1. The van der Waals surface area contributed by atoms with E-state index in [9.17, 15) is 4.79 Å². The van der Waals surface area contributed by atoms with Crippen molar-refractivity contribution in [2.45, 2.75) is 32.6 Å². The second-order valence-electron chi connectivity index (χ2n) is 4.71. The van der Waals surface area contributed by atoms with Crippen molar-refractivity contribution < 1.29 is 9.90 Å². The highest BCUT2D eigenvalue weighted by molar-refractivity contribution is 7.17. The second kappa shape index (κ2) is 4.41. The predicted octanol–water partition coefficient (Wildman–Crippen LogP) is 2.83. The van der Waals surface area contributed by atoms with E-state index in [-0.39, 0.29) is 0 Å². The molecule has 0 saturated heterocycles. The molecule has 1 aliphatic rings. The molecule has 0 aliphatic heterocycles. The molecular formula is C11H16N2O2S. The first-order valence-corrected chi connectivity index (χ1v) is 6.34. The Bertz CT molecular complexity index is 383. The Labute approximate surface area is 98.7 Å². The lowest BCUT2D eigenvalue weighted by Crippen LogP contribution is -2.22. The highest BCUT2D eigenvalue weighted by Gasteiger charge is 2.28. The van der Waals surface area contributed by atoms with E-state index in [2.05, 4.69) is 17.2 Å². The Hall–Kier alpha value is -1.10. The van der Waals surface area contributed by atoms with Crippen LogP contribution in [0.4, 0.5) is 5.13 Å². The van der Waals surface area contributed by atoms with Gasteiger partial charge in [0.2, 0.25) is 0 Å². The van der Waals surface area contributed by atoms with Crippen LogP contribution >= 0.6 is 11.3 Å². The van der Waals surface area contributed by atoms with Gasteiger partial charge >= 0.3 is 5.97 Å². The maximum absolute atomic E-state index is 10.7. The molecule has 1 aromatic rings. The standard InChI is InChI=1S/C11H16N2O2S/c1-11(4-2-3-5-11)7-13-10-12-6-8(16-10)9(14)15/h6H,2-5,7H2,1H3,(H,12,13)(H,14,15). The molecule has 4 nitrogen and oxygen atoms in total. The van der Waals surface area contributed by atoms with Gasteiger partial charge in [0.25, 0.3) is 0 Å². The summed E-state index contributed by atoms with van der Waals surface area (Å²) >= 11 is 1.20. The third-order valence-electron chi connectivity index (χ3n) is 3.19. The quantitative estimate of drug-likeness (QED) is 0.849. The number of anilines is 1. The molecule has 0 aromatic carbocycles. The van der Waals surface area contributed by atoms with Crippen LogP contribution in [0.1, 0.15) is 42.3 Å². The van der Waals surface area contributed by atoms with Crippen LogP contribution in [0.25, 0.3) is 0 Å². The van der Waals surface area contributed by atoms with Gasteiger partial charge in [-0.15, -0.1) is 0 Å². The van der Waals surface area contributed by atoms with E-state index >= 15 is 0 Å². The van der Waals surface area contributed by atoms with Crippen molar-refractivity contribution >= 4 is 22.4 Å². The Morgan fingerprint density at radius 2 is 2.31 bits per heavy atom. The molecule has 0 radical (unpaired) electrons. The van der Waals surface area contributed by atoms with Crippen LogP contribution in [0.15, 0.2) is 6.20 Å². The maximum atomic E-state index is 10.7. The molecule has 0 spiro atoms. The third-order valence-corrected chi connectivity index (χ3v) is 4.14. The van der Waals surface area contributed by atoms with Crippen molar-refractivity contribution in [1.29, 1.82) is 0 Å². The van der Waals surface area contributed by atoms with Crippen molar-refractivity contribution in [2.24, 2.45) is 5.41 Å². The van der Waals surface area contributed by atoms with E-state index in [0.717, 1.165) is 6.54 Å². The van der Waals surface area contributed by atoms with Gasteiger partial charge in [0.1, 0.15) is 4.88 Å². The molecule has 0 amide bonds. The zero-order valence-corrected chi connectivity index (χ0v) is 10.1. The highest BCUT2D eigenvalue weighted by atomic mass is 32.1. The van der Waals surface area contributed by atoms with Crippen LogP contribution < -0.4 is 5.32 Å². The minimum Gasteiger partial charge on any atom is -0.477 e. The molecular weight excluding hydrogens is 224 g/mol. The lowest BCUT2D eigenvalue weighted by Gasteiger charge is -2.23. The molecule has 0 bridgehead atoms. The summed E-state index contributed by atoms with van der Waals surface area (Å²) in [4.78, 5) is 15.0. The number of rotatable bonds is 4. The van der Waals surface area contributed by atoms with Gasteiger partial charge in [0, 0.05) is 6.54 Å². The van der Waals surface area contributed by atoms with Gasteiger partial charge in [-0.1, -0.05) is 31.1 Å². The largest absolute Gasteiger partial charge is 0.477 e. The lowest BCUT2D eigenvalue weighted by molar-refractivity contribution is 0.0702. The molecule has 5 heteroatoms. The van der Waals surface area contributed by atoms with E-state index in [1.54, 1.807) is 0 Å². The zero-order chi connectivity index (χ0) is 11.6. The fourth-order valence-corrected chi connectivity index (χ4v) is 2.80. The number of nitrogens with one attached hydrogen (secondary N) is 1. The molecule has 1 aliphatic carbocycles. The van der Waals surface area contributed by atoms with Gasteiger partial charge in [-0.25, -0.2) is 9.78 Å². The van der Waals surface area contributed by atoms with E-state index in [4.69, 9.17) is 5.11 Å². The lowest BCUT2D eigenvalue weighted by atomic mass is 9.89. The predicted molar refractivity (Wildman–Crippen MR) is 64.1 cm³/mol. The molecule has 1 fully saturated rings. The number of carbonyl (C=O) groups is 1. The number of carboxylic acids is 1. The fraction of sp³-hybridized carbons (Fsp3) is 0.636. The summed E-state index contributed by atoms with van der Waals surface area (Å²) in [6.07, 6.45) is 6.51. The van der Waals surface area contributed by atoms with E-state index < -0.39 is 5.97 Å². The number of thiazole rings is 1. The van der Waals surface area contributed by atoms with Crippen LogP contribution in [0, 0.1) is 5.41 Å². The second-order valence-corrected chi connectivity index (χ2v) is 5.74. The van der Waals surface area contributed by atoms with E-state index in [1.807, 2.05) is 0 Å². The molecule has 2 rings (SSSR count). The molecule has 0 atom stereocenters. The average molecular weight is 240 g/mol. The zero-order valence-electron chi connectivity index (χ0n) is 9.32. The Kier molecular flexibility index (Phi) is 3.14.